The average molecular weight is 641 g/mol. The Balaban J connectivity index is 1.02. The SMILES string of the molecule is C=C1/C=C\C=C/N(c2cccc(-c3ccc4c(c3)sc3ccccc34)c2)C2C=CC(C3=CCCC(C4NC=CC5C=CCCC54)=C3)=CC12. The highest BCUT2D eigenvalue weighted by molar-refractivity contribution is 7.25. The van der Waals surface area contributed by atoms with Crippen molar-refractivity contribution in [1.29, 1.82) is 0 Å². The molecule has 3 heteroatoms. The van der Waals surface area contributed by atoms with E-state index in [1.54, 1.807) is 5.57 Å². The third kappa shape index (κ3) is 5.27. The third-order valence-corrected chi connectivity index (χ3v) is 12.0. The fourth-order valence-corrected chi connectivity index (χ4v) is 9.56. The maximum atomic E-state index is 4.57. The Labute approximate surface area is 287 Å². The molecule has 2 aliphatic heterocycles. The number of fused-ring (bicyclic) bond motifs is 5. The summed E-state index contributed by atoms with van der Waals surface area (Å²) >= 11 is 1.88. The number of hydrogen-bond donors (Lipinski definition) is 1. The van der Waals surface area contributed by atoms with E-state index in [0.29, 0.717) is 17.9 Å². The maximum absolute atomic E-state index is 4.57. The first kappa shape index (κ1) is 29.3. The first-order chi connectivity index (χ1) is 23.7. The summed E-state index contributed by atoms with van der Waals surface area (Å²) in [5.74, 6) is 1.36. The van der Waals surface area contributed by atoms with Gasteiger partial charge in [-0.1, -0.05) is 110 Å². The van der Waals surface area contributed by atoms with Gasteiger partial charge in [0.05, 0.1) is 12.1 Å². The Morgan fingerprint density at radius 2 is 1.73 bits per heavy atom. The average Bonchev–Trinajstić information content (AvgIpc) is 3.52. The van der Waals surface area contributed by atoms with Gasteiger partial charge in [0.15, 0.2) is 0 Å². The number of nitrogens with one attached hydrogen (secondary N) is 1. The molecule has 0 saturated carbocycles. The molecule has 5 unspecified atom stereocenters. The highest BCUT2D eigenvalue weighted by atomic mass is 32.1. The van der Waals surface area contributed by atoms with Crippen LogP contribution in [-0.4, -0.2) is 12.1 Å². The highest BCUT2D eigenvalue weighted by Gasteiger charge is 2.34. The Hall–Kier alpha value is -4.86. The van der Waals surface area contributed by atoms with Gasteiger partial charge in [0.25, 0.3) is 0 Å². The molecule has 9 rings (SSSR count). The molecule has 3 aliphatic carbocycles. The molecule has 0 radical (unpaired) electrons. The van der Waals surface area contributed by atoms with E-state index in [1.807, 2.05) is 11.3 Å². The molecule has 0 spiro atoms. The second-order valence-electron chi connectivity index (χ2n) is 13.7. The Morgan fingerprint density at radius 1 is 0.812 bits per heavy atom. The van der Waals surface area contributed by atoms with E-state index < -0.39 is 0 Å². The summed E-state index contributed by atoms with van der Waals surface area (Å²) in [6.07, 6.45) is 34.8. The molecule has 0 bridgehead atoms. The van der Waals surface area contributed by atoms with Crippen molar-refractivity contribution < 1.29 is 0 Å². The highest BCUT2D eigenvalue weighted by Crippen LogP contribution is 2.41. The molecular weight excluding hydrogens is 601 g/mol. The summed E-state index contributed by atoms with van der Waals surface area (Å²) in [4.78, 5) is 2.43. The molecule has 1 aromatic heterocycles. The lowest BCUT2D eigenvalue weighted by atomic mass is 9.73. The molecular formula is C45H40N2S. The van der Waals surface area contributed by atoms with Gasteiger partial charge in [-0.05, 0) is 102 Å². The zero-order valence-electron chi connectivity index (χ0n) is 27.1. The lowest BCUT2D eigenvalue weighted by Gasteiger charge is -2.39. The van der Waals surface area contributed by atoms with Crippen LogP contribution in [0.3, 0.4) is 0 Å². The first-order valence-electron chi connectivity index (χ1n) is 17.4. The van der Waals surface area contributed by atoms with Crippen molar-refractivity contribution in [2.75, 3.05) is 4.90 Å². The quantitative estimate of drug-likeness (QED) is 0.223. The number of benzene rings is 3. The topological polar surface area (TPSA) is 15.3 Å². The van der Waals surface area contributed by atoms with Crippen molar-refractivity contribution in [1.82, 2.24) is 5.32 Å². The molecule has 5 atom stereocenters. The molecule has 4 aromatic rings. The number of allylic oxidation sites excluding steroid dienone is 11. The molecule has 48 heavy (non-hydrogen) atoms. The Kier molecular flexibility index (Phi) is 7.51. The molecule has 0 saturated heterocycles. The molecule has 236 valence electrons. The largest absolute Gasteiger partial charge is 0.384 e. The summed E-state index contributed by atoms with van der Waals surface area (Å²) in [5, 5.41) is 6.43. The van der Waals surface area contributed by atoms with Gasteiger partial charge in [0.1, 0.15) is 0 Å². The molecule has 0 amide bonds. The monoisotopic (exact) mass is 640 g/mol. The zero-order valence-corrected chi connectivity index (χ0v) is 28.0. The number of thiophene rings is 1. The normalized spacial score (nSPS) is 27.7. The van der Waals surface area contributed by atoms with Crippen LogP contribution in [0.25, 0.3) is 31.3 Å². The fraction of sp³-hybridized carbons (Fsp3) is 0.200. The van der Waals surface area contributed by atoms with Gasteiger partial charge in [0.2, 0.25) is 0 Å². The van der Waals surface area contributed by atoms with Crippen LogP contribution < -0.4 is 10.2 Å². The second-order valence-corrected chi connectivity index (χ2v) is 14.8. The van der Waals surface area contributed by atoms with Crippen LogP contribution in [0, 0.1) is 17.8 Å². The summed E-state index contributed by atoms with van der Waals surface area (Å²) in [6.45, 7) is 4.57. The summed E-state index contributed by atoms with van der Waals surface area (Å²) in [7, 11) is 0. The van der Waals surface area contributed by atoms with Crippen molar-refractivity contribution >= 4 is 37.2 Å². The number of rotatable bonds is 4. The first-order valence-corrected chi connectivity index (χ1v) is 18.3. The van der Waals surface area contributed by atoms with Crippen LogP contribution >= 0.6 is 11.3 Å². The van der Waals surface area contributed by atoms with E-state index in [0.717, 1.165) is 18.4 Å². The Morgan fingerprint density at radius 3 is 2.71 bits per heavy atom. The molecule has 5 aliphatic rings. The van der Waals surface area contributed by atoms with Gasteiger partial charge in [-0.2, -0.15) is 0 Å². The zero-order chi connectivity index (χ0) is 32.0. The van der Waals surface area contributed by atoms with Gasteiger partial charge >= 0.3 is 0 Å². The van der Waals surface area contributed by atoms with E-state index in [4.69, 9.17) is 0 Å². The second kappa shape index (κ2) is 12.3. The number of nitrogens with zero attached hydrogens (tertiary/aromatic N) is 1. The van der Waals surface area contributed by atoms with E-state index in [-0.39, 0.29) is 12.0 Å². The molecule has 0 fully saturated rings. The predicted molar refractivity (Wildman–Crippen MR) is 206 cm³/mol. The number of hydrogen-bond acceptors (Lipinski definition) is 3. The standard InChI is InChI=1S/C45H40N2S/c1-30-10-6-7-25-47(37-15-9-13-33(27-37)35-19-21-40-39-17-4-5-18-43(39)48-44(40)29-35)42-22-20-34(28-41(30)42)32-12-8-14-36(26-32)45-38-16-3-2-11-31(38)23-24-46-45/h2,4-7,9-13,15,17-29,31,38,41-42,45-46H,1,3,8,14,16H2/b10-6-,25-7-. The lowest BCUT2D eigenvalue weighted by molar-refractivity contribution is 0.315. The minimum Gasteiger partial charge on any atom is -0.384 e. The summed E-state index contributed by atoms with van der Waals surface area (Å²) < 4.78 is 2.67. The van der Waals surface area contributed by atoms with E-state index in [2.05, 4.69) is 163 Å². The summed E-state index contributed by atoms with van der Waals surface area (Å²) in [5.41, 5.74) is 9.01. The third-order valence-electron chi connectivity index (χ3n) is 10.9. The van der Waals surface area contributed by atoms with Crippen molar-refractivity contribution in [2.45, 2.75) is 37.8 Å². The van der Waals surface area contributed by atoms with Gasteiger partial charge in [-0.15, -0.1) is 11.3 Å². The van der Waals surface area contributed by atoms with Crippen LogP contribution in [0.2, 0.25) is 0 Å². The molecule has 2 nitrogen and oxygen atoms in total. The van der Waals surface area contributed by atoms with E-state index in [9.17, 15) is 0 Å². The van der Waals surface area contributed by atoms with Crippen molar-refractivity contribution in [3.63, 3.8) is 0 Å². The van der Waals surface area contributed by atoms with Crippen LogP contribution in [-0.2, 0) is 0 Å². The van der Waals surface area contributed by atoms with Crippen LogP contribution in [0.15, 0.2) is 175 Å². The van der Waals surface area contributed by atoms with Gasteiger partial charge in [0, 0.05) is 43.9 Å². The summed E-state index contributed by atoms with van der Waals surface area (Å²) in [6, 6.07) is 25.2. The van der Waals surface area contributed by atoms with E-state index in [1.165, 1.54) is 61.0 Å². The molecule has 3 aromatic carbocycles. The molecule has 1 N–H and O–H groups in total. The van der Waals surface area contributed by atoms with Gasteiger partial charge in [-0.3, -0.25) is 0 Å². The van der Waals surface area contributed by atoms with E-state index >= 15 is 0 Å². The maximum Gasteiger partial charge on any atom is 0.0623 e. The van der Waals surface area contributed by atoms with Crippen molar-refractivity contribution in [2.24, 2.45) is 17.8 Å². The molecule has 3 heterocycles. The minimum atomic E-state index is 0.135. The fourth-order valence-electron chi connectivity index (χ4n) is 8.42. The lowest BCUT2D eigenvalue weighted by Crippen LogP contribution is -2.42. The smallest absolute Gasteiger partial charge is 0.0623 e. The van der Waals surface area contributed by atoms with Crippen LogP contribution in [0.5, 0.6) is 0 Å². The van der Waals surface area contributed by atoms with Gasteiger partial charge < -0.3 is 10.2 Å². The van der Waals surface area contributed by atoms with Crippen molar-refractivity contribution in [3.8, 4) is 11.1 Å². The van der Waals surface area contributed by atoms with Gasteiger partial charge in [-0.25, -0.2) is 0 Å². The van der Waals surface area contributed by atoms with Crippen LogP contribution in [0.4, 0.5) is 5.69 Å². The van der Waals surface area contributed by atoms with Crippen molar-refractivity contribution in [3.05, 3.63) is 175 Å². The number of anilines is 1. The Bertz CT molecular complexity index is 2180. The van der Waals surface area contributed by atoms with Crippen LogP contribution in [0.1, 0.15) is 25.7 Å². The minimum absolute atomic E-state index is 0.135. The predicted octanol–water partition coefficient (Wildman–Crippen LogP) is 11.4.